The largest absolute Gasteiger partial charge is 0.493 e. The van der Waals surface area contributed by atoms with Gasteiger partial charge in [0.1, 0.15) is 5.75 Å². The number of nitrogens with zero attached hydrogens (tertiary/aromatic N) is 1. The number of amides is 2. The Hall–Kier alpha value is -3.39. The number of halogens is 1. The number of ether oxygens (including phenoxy) is 1. The van der Waals surface area contributed by atoms with E-state index in [9.17, 15) is 9.59 Å². The third kappa shape index (κ3) is 4.23. The lowest BCUT2D eigenvalue weighted by Crippen LogP contribution is -2.20. The maximum absolute atomic E-state index is 13.1. The van der Waals surface area contributed by atoms with E-state index >= 15 is 0 Å². The molecule has 0 unspecified atom stereocenters. The highest BCUT2D eigenvalue weighted by Crippen LogP contribution is 2.42. The van der Waals surface area contributed by atoms with Gasteiger partial charge in [-0.1, -0.05) is 29.8 Å². The molecular weight excluding hydrogens is 476 g/mol. The molecule has 0 saturated heterocycles. The molecule has 4 aromatic rings. The summed E-state index contributed by atoms with van der Waals surface area (Å²) < 4.78 is 8.24. The fraction of sp³-hybridized carbons (Fsp3) is 0.286. The molecule has 1 aliphatic rings. The molecule has 5 rings (SSSR count). The third-order valence-corrected chi connectivity index (χ3v) is 6.95. The molecule has 0 fully saturated rings. The van der Waals surface area contributed by atoms with Crippen LogP contribution in [-0.2, 0) is 6.54 Å². The summed E-state index contributed by atoms with van der Waals surface area (Å²) in [5, 5.41) is 11.1. The molecule has 2 heterocycles. The van der Waals surface area contributed by atoms with E-state index in [2.05, 4.69) is 20.5 Å². The molecule has 3 N–H and O–H groups in total. The van der Waals surface area contributed by atoms with Crippen LogP contribution in [0.2, 0.25) is 5.02 Å². The van der Waals surface area contributed by atoms with E-state index in [-0.39, 0.29) is 5.91 Å². The monoisotopic (exact) mass is 504 g/mol. The Labute approximate surface area is 214 Å². The molecule has 0 spiro atoms. The number of hydrogen-bond acceptors (Lipinski definition) is 5. The number of imide groups is 1. The average Bonchev–Trinajstić information content (AvgIpc) is 3.35. The summed E-state index contributed by atoms with van der Waals surface area (Å²) in [7, 11) is 3.85. The van der Waals surface area contributed by atoms with Crippen LogP contribution in [0, 0.1) is 0 Å². The van der Waals surface area contributed by atoms with Crippen molar-refractivity contribution in [1.29, 1.82) is 0 Å². The quantitative estimate of drug-likeness (QED) is 0.217. The van der Waals surface area contributed by atoms with Crippen LogP contribution in [-0.4, -0.2) is 50.2 Å². The molecule has 0 saturated carbocycles. The molecule has 0 radical (unpaired) electrons. The maximum atomic E-state index is 13.1. The van der Waals surface area contributed by atoms with Crippen molar-refractivity contribution in [3.63, 3.8) is 0 Å². The molecule has 36 heavy (non-hydrogen) atoms. The number of hydrogen-bond donors (Lipinski definition) is 3. The van der Waals surface area contributed by atoms with Crippen molar-refractivity contribution < 1.29 is 14.3 Å². The standard InChI is InChI=1S/C28H29ClN4O3/c1-30-11-5-13-33-22-15-17(36-14-6-12-31-2)9-10-19(22)24-23(33)16-20(18-7-3-4-8-21(18)29)25-26(24)28(35)32-27(25)34/h3-4,7-10,15-16,30-31H,5-6,11-14H2,1-2H3,(H,32,34,35). The molecule has 1 aliphatic heterocycles. The molecule has 8 heteroatoms. The van der Waals surface area contributed by atoms with Crippen molar-refractivity contribution in [3.05, 3.63) is 64.7 Å². The smallest absolute Gasteiger partial charge is 0.259 e. The zero-order valence-electron chi connectivity index (χ0n) is 20.4. The Morgan fingerprint density at radius 2 is 1.64 bits per heavy atom. The summed E-state index contributed by atoms with van der Waals surface area (Å²) in [6.07, 6.45) is 1.79. The van der Waals surface area contributed by atoms with E-state index in [1.54, 1.807) is 6.07 Å². The number of aryl methyl sites for hydroxylation is 1. The summed E-state index contributed by atoms with van der Waals surface area (Å²) in [6.45, 7) is 3.07. The topological polar surface area (TPSA) is 84.4 Å². The second-order valence-corrected chi connectivity index (χ2v) is 9.33. The van der Waals surface area contributed by atoms with Crippen molar-refractivity contribution in [2.45, 2.75) is 19.4 Å². The van der Waals surface area contributed by atoms with E-state index < -0.39 is 5.91 Å². The Bertz CT molecular complexity index is 1480. The molecule has 7 nitrogen and oxygen atoms in total. The van der Waals surface area contributed by atoms with Gasteiger partial charge in [0.05, 0.1) is 28.8 Å². The lowest BCUT2D eigenvalue weighted by molar-refractivity contribution is 0.0880. The lowest BCUT2D eigenvalue weighted by atomic mass is 9.93. The second-order valence-electron chi connectivity index (χ2n) is 8.92. The minimum absolute atomic E-state index is 0.377. The highest BCUT2D eigenvalue weighted by molar-refractivity contribution is 6.36. The van der Waals surface area contributed by atoms with Crippen molar-refractivity contribution in [3.8, 4) is 16.9 Å². The highest BCUT2D eigenvalue weighted by Gasteiger charge is 2.34. The summed E-state index contributed by atoms with van der Waals surface area (Å²) >= 11 is 6.56. The van der Waals surface area contributed by atoms with Crippen molar-refractivity contribution >= 4 is 45.2 Å². The Balaban J connectivity index is 1.77. The molecule has 186 valence electrons. The van der Waals surface area contributed by atoms with Gasteiger partial charge in [0.25, 0.3) is 11.8 Å². The first-order valence-electron chi connectivity index (χ1n) is 12.2. The normalized spacial score (nSPS) is 13.0. The number of aromatic nitrogens is 1. The molecule has 0 bridgehead atoms. The maximum Gasteiger partial charge on any atom is 0.259 e. The van der Waals surface area contributed by atoms with Gasteiger partial charge in [-0.2, -0.15) is 0 Å². The van der Waals surface area contributed by atoms with Crippen LogP contribution in [0.1, 0.15) is 33.6 Å². The zero-order valence-corrected chi connectivity index (χ0v) is 21.2. The lowest BCUT2D eigenvalue weighted by Gasteiger charge is -2.12. The van der Waals surface area contributed by atoms with Crippen molar-refractivity contribution in [2.24, 2.45) is 0 Å². The Morgan fingerprint density at radius 1 is 0.889 bits per heavy atom. The second kappa shape index (κ2) is 10.3. The summed E-state index contributed by atoms with van der Waals surface area (Å²) in [5.41, 5.74) is 4.04. The minimum atomic E-state index is -0.396. The molecule has 0 atom stereocenters. The Kier molecular flexibility index (Phi) is 6.96. The van der Waals surface area contributed by atoms with Gasteiger partial charge in [-0.15, -0.1) is 0 Å². The van der Waals surface area contributed by atoms with Crippen molar-refractivity contribution in [2.75, 3.05) is 33.8 Å². The summed E-state index contributed by atoms with van der Waals surface area (Å²) in [6, 6.07) is 15.4. The van der Waals surface area contributed by atoms with Gasteiger partial charge in [-0.05, 0) is 69.9 Å². The molecule has 1 aromatic heterocycles. The van der Waals surface area contributed by atoms with Gasteiger partial charge in [0, 0.05) is 34.0 Å². The van der Waals surface area contributed by atoms with Crippen molar-refractivity contribution in [1.82, 2.24) is 20.5 Å². The number of rotatable bonds is 10. The van der Waals surface area contributed by atoms with Gasteiger partial charge in [-0.3, -0.25) is 14.9 Å². The molecule has 2 amide bonds. The van der Waals surface area contributed by atoms with Crippen LogP contribution < -0.4 is 20.7 Å². The van der Waals surface area contributed by atoms with E-state index in [4.69, 9.17) is 16.3 Å². The van der Waals surface area contributed by atoms with E-state index in [0.717, 1.165) is 65.6 Å². The number of nitrogens with one attached hydrogen (secondary N) is 3. The molecule has 0 aliphatic carbocycles. The predicted octanol–water partition coefficient (Wildman–Crippen LogP) is 4.60. The number of fused-ring (bicyclic) bond motifs is 5. The van der Waals surface area contributed by atoms with Crippen LogP contribution in [0.5, 0.6) is 5.75 Å². The highest BCUT2D eigenvalue weighted by atomic mass is 35.5. The fourth-order valence-corrected chi connectivity index (χ4v) is 5.23. The van der Waals surface area contributed by atoms with Gasteiger partial charge >= 0.3 is 0 Å². The van der Waals surface area contributed by atoms with Gasteiger partial charge in [0.15, 0.2) is 0 Å². The van der Waals surface area contributed by atoms with E-state index in [1.807, 2.05) is 56.6 Å². The minimum Gasteiger partial charge on any atom is -0.493 e. The van der Waals surface area contributed by atoms with Gasteiger partial charge < -0.3 is 19.9 Å². The molecule has 3 aromatic carbocycles. The van der Waals surface area contributed by atoms with E-state index in [1.165, 1.54) is 0 Å². The van der Waals surface area contributed by atoms with Crippen LogP contribution in [0.4, 0.5) is 0 Å². The third-order valence-electron chi connectivity index (χ3n) is 6.62. The average molecular weight is 505 g/mol. The first kappa shape index (κ1) is 24.3. The van der Waals surface area contributed by atoms with E-state index in [0.29, 0.717) is 28.3 Å². The number of carbonyl (C=O) groups is 2. The zero-order chi connectivity index (χ0) is 25.2. The van der Waals surface area contributed by atoms with Gasteiger partial charge in [0.2, 0.25) is 0 Å². The predicted molar refractivity (Wildman–Crippen MR) is 144 cm³/mol. The fourth-order valence-electron chi connectivity index (χ4n) is 5.00. The SMILES string of the molecule is CNCCCOc1ccc2c3c4c(c(-c5ccccc5Cl)cc3n(CCCNC)c2c1)C(=O)NC4=O. The Morgan fingerprint density at radius 3 is 2.42 bits per heavy atom. The van der Waals surface area contributed by atoms with Crippen LogP contribution in [0.3, 0.4) is 0 Å². The summed E-state index contributed by atoms with van der Waals surface area (Å²) in [5.74, 6) is 0.00253. The molecular formula is C28H29ClN4O3. The first-order valence-corrected chi connectivity index (χ1v) is 12.6. The van der Waals surface area contributed by atoms with Crippen LogP contribution >= 0.6 is 11.6 Å². The summed E-state index contributed by atoms with van der Waals surface area (Å²) in [4.78, 5) is 26.1. The first-order chi connectivity index (χ1) is 17.5. The van der Waals surface area contributed by atoms with Gasteiger partial charge in [-0.25, -0.2) is 0 Å². The number of benzene rings is 3. The van der Waals surface area contributed by atoms with Crippen LogP contribution in [0.15, 0.2) is 48.5 Å². The van der Waals surface area contributed by atoms with Crippen LogP contribution in [0.25, 0.3) is 32.9 Å². The number of carbonyl (C=O) groups excluding carboxylic acids is 2.